The molecule has 0 spiro atoms. The van der Waals surface area contributed by atoms with E-state index in [1.807, 2.05) is 0 Å². The molecular weight excluding hydrogens is 261 g/mol. The lowest BCUT2D eigenvalue weighted by Crippen LogP contribution is -2.12. The maximum atomic E-state index is 13.3. The quantitative estimate of drug-likeness (QED) is 0.909. The van der Waals surface area contributed by atoms with Crippen LogP contribution in [0.5, 0.6) is 5.75 Å². The summed E-state index contributed by atoms with van der Waals surface area (Å²) in [5.74, 6) is 0.352. The number of hydrogen-bond acceptors (Lipinski definition) is 3. The molecule has 1 fully saturated rings. The highest BCUT2D eigenvalue weighted by molar-refractivity contribution is 6.03. The van der Waals surface area contributed by atoms with Gasteiger partial charge in [-0.3, -0.25) is 4.79 Å². The molecule has 1 saturated carbocycles. The van der Waals surface area contributed by atoms with Crippen LogP contribution in [-0.2, 0) is 0 Å². The molecule has 3 rings (SSSR count). The monoisotopic (exact) mass is 275 g/mol. The fourth-order valence-electron chi connectivity index (χ4n) is 1.81. The molecule has 1 aromatic carbocycles. The molecule has 4 nitrogen and oxygen atoms in total. The standard InChI is InChI=1S/C15H14FNO3/c16-11-5-6-13(20-9-10-3-4-10)12(8-11)17-15(18)14-2-1-7-19-14/h1-2,5-8,10H,3-4,9H2,(H,17,18). The van der Waals surface area contributed by atoms with E-state index < -0.39 is 11.7 Å². The van der Waals surface area contributed by atoms with Gasteiger partial charge < -0.3 is 14.5 Å². The summed E-state index contributed by atoms with van der Waals surface area (Å²) in [5.41, 5.74) is 0.312. The predicted molar refractivity (Wildman–Crippen MR) is 71.3 cm³/mol. The zero-order chi connectivity index (χ0) is 13.9. The predicted octanol–water partition coefficient (Wildman–Crippen LogP) is 3.46. The van der Waals surface area contributed by atoms with Crippen LogP contribution in [0, 0.1) is 11.7 Å². The molecule has 104 valence electrons. The van der Waals surface area contributed by atoms with Crippen LogP contribution < -0.4 is 10.1 Å². The second-order valence-electron chi connectivity index (χ2n) is 4.83. The minimum absolute atomic E-state index is 0.169. The van der Waals surface area contributed by atoms with Crippen molar-refractivity contribution in [1.82, 2.24) is 0 Å². The number of furan rings is 1. The molecule has 0 atom stereocenters. The van der Waals surface area contributed by atoms with Gasteiger partial charge in [0.15, 0.2) is 5.76 Å². The molecule has 2 aromatic rings. The van der Waals surface area contributed by atoms with Gasteiger partial charge in [-0.2, -0.15) is 0 Å². The van der Waals surface area contributed by atoms with Crippen molar-refractivity contribution in [3.8, 4) is 5.75 Å². The van der Waals surface area contributed by atoms with Gasteiger partial charge in [-0.15, -0.1) is 0 Å². The fraction of sp³-hybridized carbons (Fsp3) is 0.267. The molecule has 0 aliphatic heterocycles. The van der Waals surface area contributed by atoms with Crippen LogP contribution in [0.2, 0.25) is 0 Å². The topological polar surface area (TPSA) is 51.5 Å². The normalized spacial score (nSPS) is 14.1. The molecule has 0 radical (unpaired) electrons. The molecule has 1 amide bonds. The van der Waals surface area contributed by atoms with Gasteiger partial charge in [-0.25, -0.2) is 4.39 Å². The average Bonchev–Trinajstić information content (AvgIpc) is 3.09. The minimum atomic E-state index is -0.433. The Morgan fingerprint density at radius 1 is 1.40 bits per heavy atom. The lowest BCUT2D eigenvalue weighted by atomic mass is 10.2. The molecule has 1 aromatic heterocycles. The second-order valence-corrected chi connectivity index (χ2v) is 4.83. The van der Waals surface area contributed by atoms with E-state index in [1.165, 1.54) is 24.5 Å². The highest BCUT2D eigenvalue weighted by atomic mass is 19.1. The molecular formula is C15H14FNO3. The van der Waals surface area contributed by atoms with Crippen LogP contribution in [0.3, 0.4) is 0 Å². The minimum Gasteiger partial charge on any atom is -0.491 e. The molecule has 5 heteroatoms. The summed E-state index contributed by atoms with van der Waals surface area (Å²) in [5, 5.41) is 2.60. The number of rotatable bonds is 5. The van der Waals surface area contributed by atoms with Gasteiger partial charge in [0.1, 0.15) is 11.6 Å². The SMILES string of the molecule is O=C(Nc1cc(F)ccc1OCC1CC1)c1ccco1. The summed E-state index contributed by atoms with van der Waals surface area (Å²) < 4.78 is 23.9. The van der Waals surface area contributed by atoms with Crippen molar-refractivity contribution >= 4 is 11.6 Å². The van der Waals surface area contributed by atoms with Crippen LogP contribution in [0.25, 0.3) is 0 Å². The number of carbonyl (C=O) groups is 1. The Balaban J connectivity index is 1.75. The van der Waals surface area contributed by atoms with Crippen molar-refractivity contribution in [1.29, 1.82) is 0 Å². The second kappa shape index (κ2) is 5.36. The van der Waals surface area contributed by atoms with Crippen molar-refractivity contribution in [3.05, 3.63) is 48.2 Å². The largest absolute Gasteiger partial charge is 0.491 e. The Bertz CT molecular complexity index is 606. The average molecular weight is 275 g/mol. The van der Waals surface area contributed by atoms with Crippen LogP contribution in [-0.4, -0.2) is 12.5 Å². The maximum Gasteiger partial charge on any atom is 0.291 e. The molecule has 20 heavy (non-hydrogen) atoms. The molecule has 1 aliphatic rings. The van der Waals surface area contributed by atoms with E-state index in [0.29, 0.717) is 24.0 Å². The first-order valence-corrected chi connectivity index (χ1v) is 6.49. The highest BCUT2D eigenvalue weighted by Gasteiger charge is 2.22. The number of hydrogen-bond donors (Lipinski definition) is 1. The summed E-state index contributed by atoms with van der Waals surface area (Å²) in [6.07, 6.45) is 3.73. The van der Waals surface area contributed by atoms with E-state index in [1.54, 1.807) is 12.1 Å². The summed E-state index contributed by atoms with van der Waals surface area (Å²) in [6.45, 7) is 0.593. The van der Waals surface area contributed by atoms with Crippen LogP contribution in [0.4, 0.5) is 10.1 Å². The molecule has 1 N–H and O–H groups in total. The van der Waals surface area contributed by atoms with Crippen molar-refractivity contribution in [2.24, 2.45) is 5.92 Å². The van der Waals surface area contributed by atoms with Gasteiger partial charge in [-0.1, -0.05) is 0 Å². The zero-order valence-corrected chi connectivity index (χ0v) is 10.8. The van der Waals surface area contributed by atoms with Crippen LogP contribution in [0.1, 0.15) is 23.4 Å². The Labute approximate surface area is 115 Å². The van der Waals surface area contributed by atoms with E-state index in [4.69, 9.17) is 9.15 Å². The van der Waals surface area contributed by atoms with Gasteiger partial charge >= 0.3 is 0 Å². The van der Waals surface area contributed by atoms with E-state index in [-0.39, 0.29) is 5.76 Å². The van der Waals surface area contributed by atoms with Crippen molar-refractivity contribution in [2.75, 3.05) is 11.9 Å². The lowest BCUT2D eigenvalue weighted by molar-refractivity contribution is 0.0996. The van der Waals surface area contributed by atoms with Crippen LogP contribution in [0.15, 0.2) is 41.0 Å². The number of ether oxygens (including phenoxy) is 1. The van der Waals surface area contributed by atoms with Crippen molar-refractivity contribution in [2.45, 2.75) is 12.8 Å². The third-order valence-corrected chi connectivity index (χ3v) is 3.11. The van der Waals surface area contributed by atoms with Crippen molar-refractivity contribution in [3.63, 3.8) is 0 Å². The molecule has 0 saturated heterocycles. The van der Waals surface area contributed by atoms with Gasteiger partial charge in [0.25, 0.3) is 5.91 Å². The van der Waals surface area contributed by atoms with Gasteiger partial charge in [0, 0.05) is 6.07 Å². The molecule has 0 bridgehead atoms. The molecule has 1 heterocycles. The van der Waals surface area contributed by atoms with Crippen LogP contribution >= 0.6 is 0 Å². The first-order chi connectivity index (χ1) is 9.72. The van der Waals surface area contributed by atoms with E-state index in [0.717, 1.165) is 12.8 Å². The number of amides is 1. The number of anilines is 1. The summed E-state index contributed by atoms with van der Waals surface area (Å²) >= 11 is 0. The third-order valence-electron chi connectivity index (χ3n) is 3.11. The smallest absolute Gasteiger partial charge is 0.291 e. The zero-order valence-electron chi connectivity index (χ0n) is 10.8. The third kappa shape index (κ3) is 2.99. The summed E-state index contributed by atoms with van der Waals surface area (Å²) in [6, 6.07) is 7.23. The Hall–Kier alpha value is -2.30. The highest BCUT2D eigenvalue weighted by Crippen LogP contribution is 2.32. The van der Waals surface area contributed by atoms with E-state index >= 15 is 0 Å². The van der Waals surface area contributed by atoms with Crippen molar-refractivity contribution < 1.29 is 18.3 Å². The van der Waals surface area contributed by atoms with E-state index in [2.05, 4.69) is 5.32 Å². The first-order valence-electron chi connectivity index (χ1n) is 6.49. The molecule has 0 unspecified atom stereocenters. The number of halogens is 1. The number of benzene rings is 1. The van der Waals surface area contributed by atoms with E-state index in [9.17, 15) is 9.18 Å². The van der Waals surface area contributed by atoms with Gasteiger partial charge in [0.2, 0.25) is 0 Å². The Morgan fingerprint density at radius 2 is 2.25 bits per heavy atom. The summed E-state index contributed by atoms with van der Waals surface area (Å²) in [4.78, 5) is 11.9. The number of nitrogens with one attached hydrogen (secondary N) is 1. The molecule has 1 aliphatic carbocycles. The Kier molecular flexibility index (Phi) is 3.41. The van der Waals surface area contributed by atoms with Gasteiger partial charge in [0.05, 0.1) is 18.6 Å². The maximum absolute atomic E-state index is 13.3. The lowest BCUT2D eigenvalue weighted by Gasteiger charge is -2.11. The Morgan fingerprint density at radius 3 is 2.95 bits per heavy atom. The summed E-state index contributed by atoms with van der Waals surface area (Å²) in [7, 11) is 0. The fourth-order valence-corrected chi connectivity index (χ4v) is 1.81. The number of carbonyl (C=O) groups excluding carboxylic acids is 1. The van der Waals surface area contributed by atoms with Gasteiger partial charge in [-0.05, 0) is 43.0 Å². The first kappa shape index (κ1) is 12.7.